The molecule has 0 aromatic carbocycles. The molecule has 1 rings (SSSR count). The molecular weight excluding hydrogens is 158 g/mol. The van der Waals surface area contributed by atoms with Gasteiger partial charge in [-0.05, 0) is 25.8 Å². The van der Waals surface area contributed by atoms with Crippen molar-refractivity contribution < 1.29 is 15.0 Å². The molecule has 2 atom stereocenters. The van der Waals surface area contributed by atoms with Crippen LogP contribution in [0, 0.1) is 5.92 Å². The fourth-order valence-electron chi connectivity index (χ4n) is 1.55. The van der Waals surface area contributed by atoms with Crippen LogP contribution < -0.4 is 5.32 Å². The fraction of sp³-hybridized carbons (Fsp3) is 0.875. The first kappa shape index (κ1) is 9.48. The number of hydrogen-bond acceptors (Lipinski definition) is 3. The van der Waals surface area contributed by atoms with Crippen molar-refractivity contribution in [3.05, 3.63) is 0 Å². The van der Waals surface area contributed by atoms with Crippen LogP contribution in [0.1, 0.15) is 19.3 Å². The number of aliphatic hydroxyl groups excluding tert-OH is 1. The smallest absolute Gasteiger partial charge is 0.308 e. The fourth-order valence-corrected chi connectivity index (χ4v) is 1.55. The Bertz CT molecular complexity index is 154. The SMILES string of the molecule is O=C(O)C(CO)CC1CCCN1. The Morgan fingerprint density at radius 1 is 1.67 bits per heavy atom. The maximum Gasteiger partial charge on any atom is 0.308 e. The van der Waals surface area contributed by atoms with E-state index in [0.717, 1.165) is 19.4 Å². The van der Waals surface area contributed by atoms with Crippen molar-refractivity contribution >= 4 is 5.97 Å². The first-order valence-corrected chi connectivity index (χ1v) is 4.31. The molecule has 0 saturated carbocycles. The van der Waals surface area contributed by atoms with E-state index in [4.69, 9.17) is 10.2 Å². The predicted molar refractivity (Wildman–Crippen MR) is 43.9 cm³/mol. The lowest BCUT2D eigenvalue weighted by Crippen LogP contribution is -2.29. The van der Waals surface area contributed by atoms with E-state index in [1.807, 2.05) is 0 Å². The normalized spacial score (nSPS) is 25.6. The molecule has 0 spiro atoms. The number of hydrogen-bond donors (Lipinski definition) is 3. The number of carbonyl (C=O) groups is 1. The van der Waals surface area contributed by atoms with Crippen molar-refractivity contribution in [2.75, 3.05) is 13.2 Å². The molecule has 3 N–H and O–H groups in total. The van der Waals surface area contributed by atoms with Crippen molar-refractivity contribution in [1.82, 2.24) is 5.32 Å². The van der Waals surface area contributed by atoms with E-state index in [2.05, 4.69) is 5.32 Å². The minimum absolute atomic E-state index is 0.256. The van der Waals surface area contributed by atoms with Gasteiger partial charge in [0.2, 0.25) is 0 Å². The van der Waals surface area contributed by atoms with Crippen LogP contribution in [0.2, 0.25) is 0 Å². The van der Waals surface area contributed by atoms with E-state index in [-0.39, 0.29) is 6.61 Å². The highest BCUT2D eigenvalue weighted by Crippen LogP contribution is 2.14. The topological polar surface area (TPSA) is 69.6 Å². The molecule has 1 saturated heterocycles. The largest absolute Gasteiger partial charge is 0.481 e. The Kier molecular flexibility index (Phi) is 3.49. The maximum absolute atomic E-state index is 10.5. The number of rotatable bonds is 4. The lowest BCUT2D eigenvalue weighted by atomic mass is 10.00. The summed E-state index contributed by atoms with van der Waals surface area (Å²) in [4.78, 5) is 10.5. The Balaban J connectivity index is 2.30. The third kappa shape index (κ3) is 2.46. The van der Waals surface area contributed by atoms with Crippen LogP contribution in [0.4, 0.5) is 0 Å². The van der Waals surface area contributed by atoms with Crippen molar-refractivity contribution in [2.24, 2.45) is 5.92 Å². The zero-order valence-electron chi connectivity index (χ0n) is 6.99. The predicted octanol–water partition coefficient (Wildman–Crippen LogP) is -0.178. The first-order chi connectivity index (χ1) is 5.74. The number of nitrogens with one attached hydrogen (secondary N) is 1. The molecule has 70 valence electrons. The summed E-state index contributed by atoms with van der Waals surface area (Å²) >= 11 is 0. The lowest BCUT2D eigenvalue weighted by molar-refractivity contribution is -0.143. The molecule has 0 bridgehead atoms. The van der Waals surface area contributed by atoms with E-state index < -0.39 is 11.9 Å². The molecule has 1 fully saturated rings. The van der Waals surface area contributed by atoms with Gasteiger partial charge < -0.3 is 15.5 Å². The van der Waals surface area contributed by atoms with E-state index in [1.165, 1.54) is 0 Å². The van der Waals surface area contributed by atoms with Gasteiger partial charge in [0.15, 0.2) is 0 Å². The van der Waals surface area contributed by atoms with Gasteiger partial charge in [-0.1, -0.05) is 0 Å². The summed E-state index contributed by atoms with van der Waals surface area (Å²) in [6.45, 7) is 0.718. The van der Waals surface area contributed by atoms with Gasteiger partial charge in [0, 0.05) is 6.04 Å². The van der Waals surface area contributed by atoms with Gasteiger partial charge in [-0.2, -0.15) is 0 Å². The van der Waals surface area contributed by atoms with Crippen molar-refractivity contribution in [2.45, 2.75) is 25.3 Å². The molecule has 0 radical (unpaired) electrons. The van der Waals surface area contributed by atoms with E-state index in [1.54, 1.807) is 0 Å². The molecule has 4 nitrogen and oxygen atoms in total. The third-order valence-electron chi connectivity index (χ3n) is 2.30. The second-order valence-electron chi connectivity index (χ2n) is 3.25. The molecule has 1 aliphatic rings. The van der Waals surface area contributed by atoms with Gasteiger partial charge in [-0.15, -0.1) is 0 Å². The minimum atomic E-state index is -0.897. The van der Waals surface area contributed by atoms with E-state index >= 15 is 0 Å². The Morgan fingerprint density at radius 3 is 2.83 bits per heavy atom. The Hall–Kier alpha value is -0.610. The zero-order valence-corrected chi connectivity index (χ0v) is 6.99. The molecule has 1 aliphatic heterocycles. The second kappa shape index (κ2) is 4.42. The number of aliphatic carboxylic acids is 1. The van der Waals surface area contributed by atoms with Crippen LogP contribution in [0.25, 0.3) is 0 Å². The van der Waals surface area contributed by atoms with Crippen LogP contribution in [-0.4, -0.2) is 35.4 Å². The number of carboxylic acids is 1. The van der Waals surface area contributed by atoms with Crippen LogP contribution in [0.3, 0.4) is 0 Å². The quantitative estimate of drug-likeness (QED) is 0.551. The third-order valence-corrected chi connectivity index (χ3v) is 2.30. The van der Waals surface area contributed by atoms with Gasteiger partial charge in [0.05, 0.1) is 12.5 Å². The monoisotopic (exact) mass is 173 g/mol. The summed E-state index contributed by atoms with van der Waals surface area (Å²) in [5, 5.41) is 20.6. The molecule has 0 aromatic heterocycles. The van der Waals surface area contributed by atoms with E-state index in [9.17, 15) is 4.79 Å². The Morgan fingerprint density at radius 2 is 2.42 bits per heavy atom. The average molecular weight is 173 g/mol. The molecule has 12 heavy (non-hydrogen) atoms. The van der Waals surface area contributed by atoms with Gasteiger partial charge in [0.1, 0.15) is 0 Å². The highest BCUT2D eigenvalue weighted by molar-refractivity contribution is 5.70. The first-order valence-electron chi connectivity index (χ1n) is 4.31. The van der Waals surface area contributed by atoms with Crippen molar-refractivity contribution in [3.63, 3.8) is 0 Å². The summed E-state index contributed by atoms with van der Waals surface area (Å²) in [6, 6.07) is 0.290. The molecular formula is C8H15NO3. The van der Waals surface area contributed by atoms with Crippen molar-refractivity contribution in [1.29, 1.82) is 0 Å². The molecule has 0 aliphatic carbocycles. The van der Waals surface area contributed by atoms with Crippen LogP contribution >= 0.6 is 0 Å². The summed E-state index contributed by atoms with van der Waals surface area (Å²) in [7, 11) is 0. The lowest BCUT2D eigenvalue weighted by Gasteiger charge is -2.14. The van der Waals surface area contributed by atoms with Gasteiger partial charge in [-0.25, -0.2) is 0 Å². The molecule has 4 heteroatoms. The summed E-state index contributed by atoms with van der Waals surface area (Å²) in [6.07, 6.45) is 2.69. The maximum atomic E-state index is 10.5. The van der Waals surface area contributed by atoms with Gasteiger partial charge in [-0.3, -0.25) is 4.79 Å². The Labute approximate surface area is 71.6 Å². The summed E-state index contributed by atoms with van der Waals surface area (Å²) in [5.41, 5.74) is 0. The number of carboxylic acid groups (broad SMARTS) is 1. The van der Waals surface area contributed by atoms with Gasteiger partial charge >= 0.3 is 5.97 Å². The minimum Gasteiger partial charge on any atom is -0.481 e. The second-order valence-corrected chi connectivity index (χ2v) is 3.25. The van der Waals surface area contributed by atoms with Crippen molar-refractivity contribution in [3.8, 4) is 0 Å². The summed E-state index contributed by atoms with van der Waals surface area (Å²) in [5.74, 6) is -1.49. The molecule has 2 unspecified atom stereocenters. The number of aliphatic hydroxyl groups is 1. The highest BCUT2D eigenvalue weighted by atomic mass is 16.4. The van der Waals surface area contributed by atoms with E-state index in [0.29, 0.717) is 12.5 Å². The summed E-state index contributed by atoms with van der Waals surface area (Å²) < 4.78 is 0. The van der Waals surface area contributed by atoms with Gasteiger partial charge in [0.25, 0.3) is 0 Å². The van der Waals surface area contributed by atoms with Crippen LogP contribution in [0.15, 0.2) is 0 Å². The molecule has 0 amide bonds. The molecule has 0 aromatic rings. The van der Waals surface area contributed by atoms with Crippen LogP contribution in [0.5, 0.6) is 0 Å². The standard InChI is InChI=1S/C8H15NO3/c10-5-6(8(11)12)4-7-2-1-3-9-7/h6-7,9-10H,1-5H2,(H,11,12). The van der Waals surface area contributed by atoms with Crippen LogP contribution in [-0.2, 0) is 4.79 Å². The average Bonchev–Trinajstić information content (AvgIpc) is 2.51. The zero-order chi connectivity index (χ0) is 8.97. The molecule has 1 heterocycles. The highest BCUT2D eigenvalue weighted by Gasteiger charge is 2.23.